The highest BCUT2D eigenvalue weighted by Gasteiger charge is 2.28. The molecule has 0 saturated carbocycles. The number of hydrogen-bond acceptors (Lipinski definition) is 5. The van der Waals surface area contributed by atoms with Crippen LogP contribution in [0.25, 0.3) is 11.1 Å². The van der Waals surface area contributed by atoms with E-state index in [1.807, 2.05) is 6.07 Å². The van der Waals surface area contributed by atoms with Gasteiger partial charge in [-0.2, -0.15) is 0 Å². The van der Waals surface area contributed by atoms with Gasteiger partial charge in [0.05, 0.1) is 23.1 Å². The number of carbonyl (C=O) groups is 1. The van der Waals surface area contributed by atoms with Gasteiger partial charge in [0.25, 0.3) is 5.91 Å². The minimum atomic E-state index is 0.192. The summed E-state index contributed by atoms with van der Waals surface area (Å²) in [6.45, 7) is 10.6. The van der Waals surface area contributed by atoms with E-state index in [1.54, 1.807) is 11.3 Å². The number of piperidine rings is 1. The lowest BCUT2D eigenvalue weighted by atomic mass is 9.95. The van der Waals surface area contributed by atoms with Crippen LogP contribution in [0.4, 0.5) is 5.00 Å². The van der Waals surface area contributed by atoms with Crippen LogP contribution in [0.2, 0.25) is 0 Å². The van der Waals surface area contributed by atoms with Gasteiger partial charge in [0.2, 0.25) is 0 Å². The Morgan fingerprint density at radius 3 is 2.45 bits per heavy atom. The summed E-state index contributed by atoms with van der Waals surface area (Å²) in [6.07, 6.45) is 2.19. The molecule has 0 unspecified atom stereocenters. The van der Waals surface area contributed by atoms with Crippen molar-refractivity contribution in [2.45, 2.75) is 32.7 Å². The summed E-state index contributed by atoms with van der Waals surface area (Å²) in [5, 5.41) is 1.20. The number of hydrogen-bond donors (Lipinski definition) is 0. The Kier molecular flexibility index (Phi) is 7.31. The van der Waals surface area contributed by atoms with Crippen molar-refractivity contribution in [3.05, 3.63) is 41.3 Å². The van der Waals surface area contributed by atoms with Crippen LogP contribution in [0.5, 0.6) is 0 Å². The first-order valence-electron chi connectivity index (χ1n) is 11.5. The monoisotopic (exact) mass is 441 g/mol. The molecule has 1 amide bonds. The normalized spacial score (nSPS) is 18.2. The van der Waals surface area contributed by atoms with E-state index in [4.69, 9.17) is 4.74 Å². The Morgan fingerprint density at radius 2 is 1.81 bits per heavy atom. The molecule has 6 heteroatoms. The molecule has 0 N–H and O–H groups in total. The molecule has 0 bridgehead atoms. The van der Waals surface area contributed by atoms with E-state index in [9.17, 15) is 4.79 Å². The predicted octanol–water partition coefficient (Wildman–Crippen LogP) is 4.44. The zero-order chi connectivity index (χ0) is 21.8. The average molecular weight is 442 g/mol. The standard InChI is InChI=1S/C25H35N3O2S/c1-19(2)26(3)18-20-9-11-27(12-10-20)24(29)23-17-22(21-7-5-4-6-8-21)25(31-23)28-13-15-30-16-14-28/h4-8,17,19-20H,9-16,18H2,1-3H3. The van der Waals surface area contributed by atoms with Gasteiger partial charge in [0.1, 0.15) is 0 Å². The molecular formula is C25H35N3O2S. The SMILES string of the molecule is CC(C)N(C)CC1CCN(C(=O)c2cc(-c3ccccc3)c(N3CCOCC3)s2)CC1. The number of thiophene rings is 1. The number of morpholine rings is 1. The Balaban J connectivity index is 1.49. The summed E-state index contributed by atoms with van der Waals surface area (Å²) in [5.41, 5.74) is 2.35. The largest absolute Gasteiger partial charge is 0.378 e. The molecule has 4 rings (SSSR count). The van der Waals surface area contributed by atoms with Crippen LogP contribution in [0.15, 0.2) is 36.4 Å². The lowest BCUT2D eigenvalue weighted by molar-refractivity contribution is 0.0671. The summed E-state index contributed by atoms with van der Waals surface area (Å²) in [7, 11) is 2.20. The molecule has 5 nitrogen and oxygen atoms in total. The van der Waals surface area contributed by atoms with Gasteiger partial charge >= 0.3 is 0 Å². The van der Waals surface area contributed by atoms with Crippen molar-refractivity contribution >= 4 is 22.2 Å². The van der Waals surface area contributed by atoms with Crippen molar-refractivity contribution in [3.8, 4) is 11.1 Å². The van der Waals surface area contributed by atoms with E-state index >= 15 is 0 Å². The third-order valence-electron chi connectivity index (χ3n) is 6.64. The van der Waals surface area contributed by atoms with Crippen LogP contribution in [0, 0.1) is 5.92 Å². The van der Waals surface area contributed by atoms with Crippen LogP contribution >= 0.6 is 11.3 Å². The Hall–Kier alpha value is -1.89. The number of benzene rings is 1. The summed E-state index contributed by atoms with van der Waals surface area (Å²) in [5.74, 6) is 0.876. The molecule has 3 heterocycles. The second kappa shape index (κ2) is 10.2. The number of ether oxygens (including phenoxy) is 1. The number of carbonyl (C=O) groups excluding carboxylic acids is 1. The lowest BCUT2D eigenvalue weighted by Gasteiger charge is -2.34. The van der Waals surface area contributed by atoms with Crippen molar-refractivity contribution in [2.24, 2.45) is 5.92 Å². The quantitative estimate of drug-likeness (QED) is 0.664. The molecule has 0 aliphatic carbocycles. The van der Waals surface area contributed by atoms with E-state index in [2.05, 4.69) is 65.9 Å². The Bertz CT molecular complexity index is 853. The first-order chi connectivity index (χ1) is 15.0. The van der Waals surface area contributed by atoms with E-state index < -0.39 is 0 Å². The smallest absolute Gasteiger partial charge is 0.264 e. The molecule has 2 aliphatic rings. The lowest BCUT2D eigenvalue weighted by Crippen LogP contribution is -2.41. The highest BCUT2D eigenvalue weighted by Crippen LogP contribution is 2.40. The molecular weight excluding hydrogens is 406 g/mol. The highest BCUT2D eigenvalue weighted by molar-refractivity contribution is 7.18. The third kappa shape index (κ3) is 5.30. The van der Waals surface area contributed by atoms with Gasteiger partial charge in [0, 0.05) is 44.3 Å². The fourth-order valence-corrected chi connectivity index (χ4v) is 5.61. The van der Waals surface area contributed by atoms with Crippen molar-refractivity contribution < 1.29 is 9.53 Å². The number of likely N-dealkylation sites (tertiary alicyclic amines) is 1. The van der Waals surface area contributed by atoms with Gasteiger partial charge in [-0.1, -0.05) is 30.3 Å². The van der Waals surface area contributed by atoms with Gasteiger partial charge in [0.15, 0.2) is 0 Å². The maximum Gasteiger partial charge on any atom is 0.264 e. The van der Waals surface area contributed by atoms with Crippen LogP contribution < -0.4 is 4.90 Å². The van der Waals surface area contributed by atoms with Crippen LogP contribution in [-0.4, -0.2) is 74.7 Å². The molecule has 0 radical (unpaired) electrons. The zero-order valence-electron chi connectivity index (χ0n) is 19.0. The fraction of sp³-hybridized carbons (Fsp3) is 0.560. The summed E-state index contributed by atoms with van der Waals surface area (Å²) in [4.78, 5) is 21.1. The number of anilines is 1. The zero-order valence-corrected chi connectivity index (χ0v) is 19.9. The summed E-state index contributed by atoms with van der Waals surface area (Å²) < 4.78 is 5.55. The molecule has 31 heavy (non-hydrogen) atoms. The van der Waals surface area contributed by atoms with Crippen LogP contribution in [0.1, 0.15) is 36.4 Å². The predicted molar refractivity (Wildman–Crippen MR) is 129 cm³/mol. The summed E-state index contributed by atoms with van der Waals surface area (Å²) in [6, 6.07) is 13.1. The highest BCUT2D eigenvalue weighted by atomic mass is 32.1. The fourth-order valence-electron chi connectivity index (χ4n) is 4.41. The first kappa shape index (κ1) is 22.3. The minimum Gasteiger partial charge on any atom is -0.378 e. The molecule has 1 aromatic heterocycles. The van der Waals surface area contributed by atoms with Gasteiger partial charge in [-0.15, -0.1) is 11.3 Å². The van der Waals surface area contributed by atoms with E-state index in [-0.39, 0.29) is 5.91 Å². The topological polar surface area (TPSA) is 36.0 Å². The van der Waals surface area contributed by atoms with E-state index in [0.29, 0.717) is 12.0 Å². The van der Waals surface area contributed by atoms with E-state index in [0.717, 1.165) is 63.7 Å². The molecule has 2 aliphatic heterocycles. The number of amides is 1. The maximum absolute atomic E-state index is 13.4. The molecule has 168 valence electrons. The van der Waals surface area contributed by atoms with Crippen molar-refractivity contribution in [2.75, 3.05) is 57.9 Å². The van der Waals surface area contributed by atoms with Crippen LogP contribution in [0.3, 0.4) is 0 Å². The van der Waals surface area contributed by atoms with Gasteiger partial charge < -0.3 is 19.4 Å². The second-order valence-corrected chi connectivity index (χ2v) is 10.1. The molecule has 2 saturated heterocycles. The molecule has 0 spiro atoms. The molecule has 2 fully saturated rings. The van der Waals surface area contributed by atoms with Gasteiger partial charge in [-0.25, -0.2) is 0 Å². The number of rotatable bonds is 6. The molecule has 0 atom stereocenters. The van der Waals surface area contributed by atoms with Gasteiger partial charge in [-0.05, 0) is 51.3 Å². The average Bonchev–Trinajstić information content (AvgIpc) is 3.26. The number of nitrogens with zero attached hydrogens (tertiary/aromatic N) is 3. The van der Waals surface area contributed by atoms with Gasteiger partial charge in [-0.3, -0.25) is 4.79 Å². The maximum atomic E-state index is 13.4. The van der Waals surface area contributed by atoms with Crippen LogP contribution in [-0.2, 0) is 4.74 Å². The van der Waals surface area contributed by atoms with E-state index in [1.165, 1.54) is 16.1 Å². The first-order valence-corrected chi connectivity index (χ1v) is 12.4. The van der Waals surface area contributed by atoms with Crippen molar-refractivity contribution in [1.29, 1.82) is 0 Å². The van der Waals surface area contributed by atoms with Crippen molar-refractivity contribution in [3.63, 3.8) is 0 Å². The summed E-state index contributed by atoms with van der Waals surface area (Å²) >= 11 is 1.65. The minimum absolute atomic E-state index is 0.192. The third-order valence-corrected chi connectivity index (χ3v) is 7.82. The van der Waals surface area contributed by atoms with Crippen molar-refractivity contribution in [1.82, 2.24) is 9.80 Å². The Morgan fingerprint density at radius 1 is 1.13 bits per heavy atom. The second-order valence-electron chi connectivity index (χ2n) is 9.06. The molecule has 2 aromatic rings. The molecule has 1 aromatic carbocycles. The Labute approximate surface area is 190 Å².